The summed E-state index contributed by atoms with van der Waals surface area (Å²) in [5.41, 5.74) is 1.12. The largest absolute Gasteiger partial charge is 0.235 e. The van der Waals surface area contributed by atoms with Crippen molar-refractivity contribution in [1.82, 2.24) is 4.98 Å². The van der Waals surface area contributed by atoms with Crippen molar-refractivity contribution in [3.8, 4) is 0 Å². The molecule has 74 valence electrons. The minimum atomic E-state index is 1.02. The number of nitrogens with zero attached hydrogens (tertiary/aromatic N) is 1. The van der Waals surface area contributed by atoms with E-state index in [1.807, 2.05) is 6.92 Å². The minimum absolute atomic E-state index is 1.02. The number of thiazole rings is 1. The summed E-state index contributed by atoms with van der Waals surface area (Å²) in [4.78, 5) is 5.79. The van der Waals surface area contributed by atoms with Crippen LogP contribution < -0.4 is 0 Å². The molecular formula is C9H8BrNS3. The first-order valence-electron chi connectivity index (χ1n) is 4.03. The van der Waals surface area contributed by atoms with Crippen LogP contribution in [0, 0.1) is 6.92 Å². The summed E-state index contributed by atoms with van der Waals surface area (Å²) >= 11 is 8.77. The van der Waals surface area contributed by atoms with E-state index in [2.05, 4.69) is 38.4 Å². The third-order valence-corrected chi connectivity index (χ3v) is 5.56. The Bertz CT molecular complexity index is 381. The molecule has 2 heterocycles. The van der Waals surface area contributed by atoms with Crippen LogP contribution in [-0.2, 0) is 5.75 Å². The van der Waals surface area contributed by atoms with Gasteiger partial charge in [0.2, 0.25) is 0 Å². The van der Waals surface area contributed by atoms with Crippen LogP contribution in [0.4, 0.5) is 0 Å². The summed E-state index contributed by atoms with van der Waals surface area (Å²) in [7, 11) is 0. The zero-order chi connectivity index (χ0) is 9.97. The normalized spacial score (nSPS) is 10.7. The highest BCUT2D eigenvalue weighted by Crippen LogP contribution is 2.30. The molecule has 0 amide bonds. The van der Waals surface area contributed by atoms with E-state index in [9.17, 15) is 0 Å². The van der Waals surface area contributed by atoms with Crippen molar-refractivity contribution in [3.05, 3.63) is 31.9 Å². The molecule has 2 aromatic rings. The Morgan fingerprint density at radius 1 is 1.50 bits per heavy atom. The minimum Gasteiger partial charge on any atom is -0.235 e. The molecule has 0 aromatic carbocycles. The predicted molar refractivity (Wildman–Crippen MR) is 68.4 cm³/mol. The van der Waals surface area contributed by atoms with E-state index in [4.69, 9.17) is 0 Å². The topological polar surface area (TPSA) is 12.9 Å². The van der Waals surface area contributed by atoms with Crippen LogP contribution in [0.15, 0.2) is 25.6 Å². The van der Waals surface area contributed by atoms with Crippen molar-refractivity contribution in [2.24, 2.45) is 0 Å². The SMILES string of the molecule is Cc1csc(SCc2ccc(Br)s2)n1. The first-order chi connectivity index (χ1) is 6.74. The lowest BCUT2D eigenvalue weighted by Gasteiger charge is -1.92. The molecule has 2 rings (SSSR count). The van der Waals surface area contributed by atoms with E-state index >= 15 is 0 Å². The zero-order valence-corrected chi connectivity index (χ0v) is 11.5. The number of halogens is 1. The summed E-state index contributed by atoms with van der Waals surface area (Å²) < 4.78 is 2.36. The lowest BCUT2D eigenvalue weighted by molar-refractivity contribution is 1.16. The Balaban J connectivity index is 1.94. The quantitative estimate of drug-likeness (QED) is 0.771. The van der Waals surface area contributed by atoms with Crippen LogP contribution in [-0.4, -0.2) is 4.98 Å². The fraction of sp³-hybridized carbons (Fsp3) is 0.222. The van der Waals surface area contributed by atoms with Gasteiger partial charge in [-0.1, -0.05) is 11.8 Å². The van der Waals surface area contributed by atoms with Crippen molar-refractivity contribution >= 4 is 50.4 Å². The van der Waals surface area contributed by atoms with Gasteiger partial charge in [0.25, 0.3) is 0 Å². The monoisotopic (exact) mass is 305 g/mol. The van der Waals surface area contributed by atoms with Crippen molar-refractivity contribution in [1.29, 1.82) is 0 Å². The molecule has 1 nitrogen and oxygen atoms in total. The molecule has 0 spiro atoms. The molecule has 0 unspecified atom stereocenters. The van der Waals surface area contributed by atoms with Crippen LogP contribution in [0.2, 0.25) is 0 Å². The molecule has 2 aromatic heterocycles. The van der Waals surface area contributed by atoms with Gasteiger partial charge in [-0.3, -0.25) is 0 Å². The molecule has 0 N–H and O–H groups in total. The summed E-state index contributed by atoms with van der Waals surface area (Å²) in [6.45, 7) is 2.03. The Morgan fingerprint density at radius 3 is 2.93 bits per heavy atom. The average molecular weight is 306 g/mol. The molecule has 0 bridgehead atoms. The summed E-state index contributed by atoms with van der Waals surface area (Å²) in [6.07, 6.45) is 0. The van der Waals surface area contributed by atoms with E-state index in [0.717, 1.165) is 15.8 Å². The van der Waals surface area contributed by atoms with Gasteiger partial charge in [0.05, 0.1) is 3.79 Å². The third kappa shape index (κ3) is 2.82. The number of aryl methyl sites for hydroxylation is 1. The second-order valence-corrected chi connectivity index (χ2v) is 7.38. The van der Waals surface area contributed by atoms with Gasteiger partial charge in [-0.05, 0) is 35.0 Å². The van der Waals surface area contributed by atoms with Crippen LogP contribution in [0.25, 0.3) is 0 Å². The standard InChI is InChI=1S/C9H8BrNS3/c1-6-4-12-9(11-6)13-5-7-2-3-8(10)14-7/h2-4H,5H2,1H3. The molecule has 14 heavy (non-hydrogen) atoms. The van der Waals surface area contributed by atoms with E-state index in [1.165, 1.54) is 8.66 Å². The zero-order valence-electron chi connectivity index (χ0n) is 7.49. The Hall–Kier alpha value is 0.160. The second-order valence-electron chi connectivity index (χ2n) is 2.75. The average Bonchev–Trinajstić information content (AvgIpc) is 2.72. The van der Waals surface area contributed by atoms with Gasteiger partial charge in [0, 0.05) is 21.7 Å². The predicted octanol–water partition coefficient (Wildman–Crippen LogP) is 4.57. The number of aromatic nitrogens is 1. The van der Waals surface area contributed by atoms with E-state index in [1.54, 1.807) is 34.4 Å². The van der Waals surface area contributed by atoms with Crippen molar-refractivity contribution < 1.29 is 0 Å². The number of thiophene rings is 1. The fourth-order valence-corrected chi connectivity index (χ4v) is 4.34. The van der Waals surface area contributed by atoms with Crippen LogP contribution in [0.3, 0.4) is 0 Å². The third-order valence-electron chi connectivity index (χ3n) is 1.56. The van der Waals surface area contributed by atoms with Crippen molar-refractivity contribution in [2.45, 2.75) is 17.0 Å². The highest BCUT2D eigenvalue weighted by atomic mass is 79.9. The van der Waals surface area contributed by atoms with Crippen LogP contribution in [0.1, 0.15) is 10.6 Å². The molecule has 0 fully saturated rings. The lowest BCUT2D eigenvalue weighted by Crippen LogP contribution is -1.73. The molecule has 0 aliphatic heterocycles. The molecule has 5 heteroatoms. The highest BCUT2D eigenvalue weighted by molar-refractivity contribution is 9.11. The second kappa shape index (κ2) is 4.79. The molecule has 0 aliphatic rings. The maximum absolute atomic E-state index is 4.41. The van der Waals surface area contributed by atoms with Crippen LogP contribution >= 0.6 is 50.4 Å². The Labute approximate surface area is 104 Å². The van der Waals surface area contributed by atoms with Gasteiger partial charge in [0.1, 0.15) is 4.34 Å². The number of rotatable bonds is 3. The van der Waals surface area contributed by atoms with Crippen molar-refractivity contribution in [3.63, 3.8) is 0 Å². The Kier molecular flexibility index (Phi) is 3.65. The van der Waals surface area contributed by atoms with Crippen LogP contribution in [0.5, 0.6) is 0 Å². The van der Waals surface area contributed by atoms with E-state index < -0.39 is 0 Å². The van der Waals surface area contributed by atoms with Gasteiger partial charge < -0.3 is 0 Å². The van der Waals surface area contributed by atoms with E-state index in [-0.39, 0.29) is 0 Å². The molecule has 0 atom stereocenters. The Morgan fingerprint density at radius 2 is 2.36 bits per heavy atom. The molecular weight excluding hydrogens is 298 g/mol. The number of hydrogen-bond donors (Lipinski definition) is 0. The van der Waals surface area contributed by atoms with Crippen molar-refractivity contribution in [2.75, 3.05) is 0 Å². The summed E-state index contributed by atoms with van der Waals surface area (Å²) in [5, 5.41) is 2.09. The molecule has 0 radical (unpaired) electrons. The van der Waals surface area contributed by atoms with E-state index in [0.29, 0.717) is 0 Å². The fourth-order valence-electron chi connectivity index (χ4n) is 0.961. The van der Waals surface area contributed by atoms with Gasteiger partial charge in [-0.2, -0.15) is 0 Å². The van der Waals surface area contributed by atoms with Gasteiger partial charge in [0.15, 0.2) is 0 Å². The molecule has 0 aliphatic carbocycles. The van der Waals surface area contributed by atoms with Gasteiger partial charge in [-0.15, -0.1) is 22.7 Å². The highest BCUT2D eigenvalue weighted by Gasteiger charge is 2.02. The maximum atomic E-state index is 4.41. The summed E-state index contributed by atoms with van der Waals surface area (Å²) in [5.74, 6) is 1.02. The smallest absolute Gasteiger partial charge is 0.150 e. The molecule has 0 saturated heterocycles. The lowest BCUT2D eigenvalue weighted by atomic mass is 10.5. The maximum Gasteiger partial charge on any atom is 0.150 e. The first kappa shape index (κ1) is 10.7. The summed E-state index contributed by atoms with van der Waals surface area (Å²) in [6, 6.07) is 4.25. The molecule has 0 saturated carbocycles. The van der Waals surface area contributed by atoms with Gasteiger partial charge >= 0.3 is 0 Å². The number of thioether (sulfide) groups is 1. The van der Waals surface area contributed by atoms with Gasteiger partial charge in [-0.25, -0.2) is 4.98 Å². The number of hydrogen-bond acceptors (Lipinski definition) is 4. The first-order valence-corrected chi connectivity index (χ1v) is 7.50.